The standard InChI is InChI=1S/C26H28BrN3O2/c1-3-30(4-2)18-20-12-6-5-11-19(20)17-28-25(31)22-14-8-10-16-24(22)29-26(32)21-13-7-9-15-23(21)27/h5-16H,3-4,17-18H2,1-2H3,(H,28,31)(H,29,32). The van der Waals surface area contributed by atoms with Gasteiger partial charge in [0.15, 0.2) is 0 Å². The number of hydrogen-bond donors (Lipinski definition) is 2. The van der Waals surface area contributed by atoms with Crippen LogP contribution in [0.15, 0.2) is 77.3 Å². The molecule has 0 aromatic heterocycles. The van der Waals surface area contributed by atoms with E-state index in [1.54, 1.807) is 36.4 Å². The van der Waals surface area contributed by atoms with E-state index in [-0.39, 0.29) is 11.8 Å². The highest BCUT2D eigenvalue weighted by Gasteiger charge is 2.16. The minimum absolute atomic E-state index is 0.231. The third-order valence-corrected chi connectivity index (χ3v) is 6.08. The number of nitrogens with one attached hydrogen (secondary N) is 2. The lowest BCUT2D eigenvalue weighted by atomic mass is 10.1. The number of nitrogens with zero attached hydrogens (tertiary/aromatic N) is 1. The van der Waals surface area contributed by atoms with E-state index in [9.17, 15) is 9.59 Å². The van der Waals surface area contributed by atoms with Crippen LogP contribution in [0.1, 0.15) is 45.7 Å². The Bertz CT molecular complexity index is 1080. The van der Waals surface area contributed by atoms with Crippen molar-refractivity contribution in [3.05, 3.63) is 99.5 Å². The zero-order valence-corrected chi connectivity index (χ0v) is 20.0. The zero-order chi connectivity index (χ0) is 22.9. The topological polar surface area (TPSA) is 61.4 Å². The van der Waals surface area contributed by atoms with E-state index in [2.05, 4.69) is 51.4 Å². The van der Waals surface area contributed by atoms with E-state index in [0.717, 1.165) is 25.2 Å². The number of anilines is 1. The van der Waals surface area contributed by atoms with E-state index in [0.29, 0.717) is 27.8 Å². The van der Waals surface area contributed by atoms with E-state index in [4.69, 9.17) is 0 Å². The molecular formula is C26H28BrN3O2. The van der Waals surface area contributed by atoms with Crippen molar-refractivity contribution in [2.75, 3.05) is 18.4 Å². The number of benzene rings is 3. The maximum atomic E-state index is 13.0. The maximum absolute atomic E-state index is 13.0. The number of hydrogen-bond acceptors (Lipinski definition) is 3. The third-order valence-electron chi connectivity index (χ3n) is 5.38. The van der Waals surface area contributed by atoms with Crippen LogP contribution in [0, 0.1) is 0 Å². The molecule has 0 heterocycles. The fourth-order valence-electron chi connectivity index (χ4n) is 3.47. The average molecular weight is 494 g/mol. The molecule has 0 saturated carbocycles. The summed E-state index contributed by atoms with van der Waals surface area (Å²) in [6, 6.07) is 22.4. The first-order chi connectivity index (χ1) is 15.5. The zero-order valence-electron chi connectivity index (χ0n) is 18.4. The second-order valence-electron chi connectivity index (χ2n) is 7.39. The van der Waals surface area contributed by atoms with Crippen LogP contribution in [0.4, 0.5) is 5.69 Å². The molecule has 0 atom stereocenters. The lowest BCUT2D eigenvalue weighted by molar-refractivity contribution is 0.0951. The molecule has 0 spiro atoms. The highest BCUT2D eigenvalue weighted by atomic mass is 79.9. The van der Waals surface area contributed by atoms with Gasteiger partial charge in [-0.15, -0.1) is 0 Å². The van der Waals surface area contributed by atoms with Crippen LogP contribution >= 0.6 is 15.9 Å². The number of carbonyl (C=O) groups is 2. The Morgan fingerprint density at radius 1 is 0.781 bits per heavy atom. The summed E-state index contributed by atoms with van der Waals surface area (Å²) < 4.78 is 0.698. The van der Waals surface area contributed by atoms with Gasteiger partial charge in [0, 0.05) is 17.6 Å². The number of halogens is 1. The molecule has 0 aliphatic rings. The highest BCUT2D eigenvalue weighted by molar-refractivity contribution is 9.10. The average Bonchev–Trinajstić information content (AvgIpc) is 2.82. The van der Waals surface area contributed by atoms with Gasteiger partial charge in [0.2, 0.25) is 0 Å². The van der Waals surface area contributed by atoms with Crippen molar-refractivity contribution >= 4 is 33.4 Å². The first-order valence-electron chi connectivity index (χ1n) is 10.8. The lowest BCUT2D eigenvalue weighted by Gasteiger charge is -2.20. The molecule has 5 nitrogen and oxygen atoms in total. The molecule has 0 saturated heterocycles. The molecule has 6 heteroatoms. The molecule has 0 fully saturated rings. The van der Waals surface area contributed by atoms with Gasteiger partial charge in [-0.1, -0.05) is 62.4 Å². The summed E-state index contributed by atoms with van der Waals surface area (Å²) in [6.07, 6.45) is 0. The fourth-order valence-corrected chi connectivity index (χ4v) is 3.93. The molecule has 0 aliphatic heterocycles. The monoisotopic (exact) mass is 493 g/mol. The molecule has 3 rings (SSSR count). The molecule has 2 amide bonds. The van der Waals surface area contributed by atoms with Crippen LogP contribution in [0.3, 0.4) is 0 Å². The quantitative estimate of drug-likeness (QED) is 0.415. The minimum atomic E-state index is -0.276. The van der Waals surface area contributed by atoms with Gasteiger partial charge in [-0.25, -0.2) is 0 Å². The Labute approximate surface area is 198 Å². The first-order valence-corrected chi connectivity index (χ1v) is 11.5. The van der Waals surface area contributed by atoms with Crippen molar-refractivity contribution in [3.63, 3.8) is 0 Å². The Balaban J connectivity index is 1.72. The maximum Gasteiger partial charge on any atom is 0.256 e. The van der Waals surface area contributed by atoms with Gasteiger partial charge < -0.3 is 10.6 Å². The molecule has 2 N–H and O–H groups in total. The van der Waals surface area contributed by atoms with Crippen molar-refractivity contribution in [2.24, 2.45) is 0 Å². The summed E-state index contributed by atoms with van der Waals surface area (Å²) in [5.74, 6) is -0.507. The van der Waals surface area contributed by atoms with Crippen molar-refractivity contribution < 1.29 is 9.59 Å². The number of carbonyl (C=O) groups excluding carboxylic acids is 2. The number of amides is 2. The summed E-state index contributed by atoms with van der Waals surface area (Å²) in [4.78, 5) is 28.0. The Kier molecular flexibility index (Phi) is 8.59. The van der Waals surface area contributed by atoms with Crippen LogP contribution in [0.5, 0.6) is 0 Å². The highest BCUT2D eigenvalue weighted by Crippen LogP contribution is 2.20. The molecule has 0 aliphatic carbocycles. The predicted molar refractivity (Wildman–Crippen MR) is 133 cm³/mol. The summed E-state index contributed by atoms with van der Waals surface area (Å²) >= 11 is 3.40. The smallest absolute Gasteiger partial charge is 0.256 e. The molecule has 0 radical (unpaired) electrons. The van der Waals surface area contributed by atoms with Gasteiger partial charge in [-0.05, 0) is 64.4 Å². The van der Waals surface area contributed by atoms with Crippen LogP contribution < -0.4 is 10.6 Å². The van der Waals surface area contributed by atoms with Gasteiger partial charge in [0.05, 0.1) is 16.8 Å². The van der Waals surface area contributed by atoms with Crippen LogP contribution in [-0.4, -0.2) is 29.8 Å². The molecule has 3 aromatic rings. The Morgan fingerprint density at radius 2 is 1.38 bits per heavy atom. The van der Waals surface area contributed by atoms with Gasteiger partial charge in [-0.3, -0.25) is 14.5 Å². The normalized spacial score (nSPS) is 10.8. The Morgan fingerprint density at radius 3 is 2.06 bits per heavy atom. The van der Waals surface area contributed by atoms with Crippen LogP contribution in [-0.2, 0) is 13.1 Å². The van der Waals surface area contributed by atoms with E-state index >= 15 is 0 Å². The first kappa shape index (κ1) is 23.7. The largest absolute Gasteiger partial charge is 0.348 e. The Hall–Kier alpha value is -2.96. The second-order valence-corrected chi connectivity index (χ2v) is 8.25. The fraction of sp³-hybridized carbons (Fsp3) is 0.231. The van der Waals surface area contributed by atoms with Crippen molar-refractivity contribution in [1.29, 1.82) is 0 Å². The van der Waals surface area contributed by atoms with Gasteiger partial charge in [0.25, 0.3) is 11.8 Å². The third kappa shape index (κ3) is 6.05. The van der Waals surface area contributed by atoms with Crippen LogP contribution in [0.25, 0.3) is 0 Å². The van der Waals surface area contributed by atoms with E-state index in [1.807, 2.05) is 30.3 Å². The van der Waals surface area contributed by atoms with Gasteiger partial charge >= 0.3 is 0 Å². The van der Waals surface area contributed by atoms with Crippen molar-refractivity contribution in [1.82, 2.24) is 10.2 Å². The SMILES string of the molecule is CCN(CC)Cc1ccccc1CNC(=O)c1ccccc1NC(=O)c1ccccc1Br. The second kappa shape index (κ2) is 11.6. The number of rotatable bonds is 9. The summed E-state index contributed by atoms with van der Waals surface area (Å²) in [5, 5.41) is 5.87. The van der Waals surface area contributed by atoms with Crippen LogP contribution in [0.2, 0.25) is 0 Å². The van der Waals surface area contributed by atoms with Gasteiger partial charge in [-0.2, -0.15) is 0 Å². The molecular weight excluding hydrogens is 466 g/mol. The number of para-hydroxylation sites is 1. The van der Waals surface area contributed by atoms with E-state index < -0.39 is 0 Å². The van der Waals surface area contributed by atoms with Crippen molar-refractivity contribution in [2.45, 2.75) is 26.9 Å². The molecule has 32 heavy (non-hydrogen) atoms. The summed E-state index contributed by atoms with van der Waals surface area (Å²) in [5.41, 5.74) is 3.69. The minimum Gasteiger partial charge on any atom is -0.348 e. The lowest BCUT2D eigenvalue weighted by Crippen LogP contribution is -2.27. The summed E-state index contributed by atoms with van der Waals surface area (Å²) in [6.45, 7) is 7.50. The molecule has 3 aromatic carbocycles. The molecule has 0 bridgehead atoms. The van der Waals surface area contributed by atoms with Crippen molar-refractivity contribution in [3.8, 4) is 0 Å². The van der Waals surface area contributed by atoms with E-state index in [1.165, 1.54) is 5.56 Å². The summed E-state index contributed by atoms with van der Waals surface area (Å²) in [7, 11) is 0. The van der Waals surface area contributed by atoms with Gasteiger partial charge in [0.1, 0.15) is 0 Å². The predicted octanol–water partition coefficient (Wildman–Crippen LogP) is 5.47. The molecule has 166 valence electrons. The molecule has 0 unspecified atom stereocenters.